The number of carbonyl (C=O) groups is 2. The van der Waals surface area contributed by atoms with Crippen molar-refractivity contribution in [2.45, 2.75) is 30.4 Å². The van der Waals surface area contributed by atoms with Crippen molar-refractivity contribution in [2.24, 2.45) is 0 Å². The first-order valence-corrected chi connectivity index (χ1v) is 15.3. The summed E-state index contributed by atoms with van der Waals surface area (Å²) in [5, 5.41) is 0.705. The molecule has 1 saturated heterocycles. The minimum absolute atomic E-state index is 0.0568. The van der Waals surface area contributed by atoms with Crippen molar-refractivity contribution in [3.8, 4) is 11.5 Å². The minimum atomic E-state index is -4.05. The van der Waals surface area contributed by atoms with Gasteiger partial charge in [0.1, 0.15) is 18.4 Å². The van der Waals surface area contributed by atoms with Crippen LogP contribution in [0.4, 0.5) is 5.69 Å². The van der Waals surface area contributed by atoms with Gasteiger partial charge in [0, 0.05) is 17.1 Å². The summed E-state index contributed by atoms with van der Waals surface area (Å²) in [6.45, 7) is 0.526. The Morgan fingerprint density at radius 2 is 1.60 bits per heavy atom. The van der Waals surface area contributed by atoms with Crippen molar-refractivity contribution in [3.05, 3.63) is 118 Å². The number of hydrogen-bond donors (Lipinski definition) is 1. The molecule has 42 heavy (non-hydrogen) atoms. The molecule has 4 aromatic carbocycles. The molecule has 0 bridgehead atoms. The Kier molecular flexibility index (Phi) is 9.01. The summed E-state index contributed by atoms with van der Waals surface area (Å²) in [6, 6.07) is 25.4. The van der Waals surface area contributed by atoms with Crippen molar-refractivity contribution in [3.63, 3.8) is 0 Å². The lowest BCUT2D eigenvalue weighted by Crippen LogP contribution is -2.41. The molecule has 1 heterocycles. The Morgan fingerprint density at radius 3 is 2.33 bits per heavy atom. The summed E-state index contributed by atoms with van der Waals surface area (Å²) in [5.41, 5.74) is 1.31. The third kappa shape index (κ3) is 6.87. The first kappa shape index (κ1) is 29.4. The number of rotatable bonds is 9. The molecule has 0 aromatic heterocycles. The number of benzene rings is 4. The Bertz CT molecular complexity index is 1700. The van der Waals surface area contributed by atoms with E-state index in [1.54, 1.807) is 36.4 Å². The van der Waals surface area contributed by atoms with Crippen LogP contribution in [0.3, 0.4) is 0 Å². The smallest absolute Gasteiger partial charge is 0.329 e. The molecule has 0 radical (unpaired) electrons. The molecule has 1 atom stereocenters. The number of ether oxygens (including phenoxy) is 2. The van der Waals surface area contributed by atoms with Crippen molar-refractivity contribution in [1.82, 2.24) is 4.90 Å². The van der Waals surface area contributed by atoms with Crippen LogP contribution >= 0.6 is 23.2 Å². The van der Waals surface area contributed by atoms with E-state index in [0.717, 1.165) is 5.56 Å². The third-order valence-corrected chi connectivity index (χ3v) is 8.58. The molecule has 0 spiro atoms. The van der Waals surface area contributed by atoms with Gasteiger partial charge >= 0.3 is 5.97 Å². The Labute approximate surface area is 253 Å². The van der Waals surface area contributed by atoms with E-state index in [4.69, 9.17) is 32.7 Å². The number of esters is 1. The van der Waals surface area contributed by atoms with Gasteiger partial charge in [-0.3, -0.25) is 9.52 Å². The average molecular weight is 626 g/mol. The van der Waals surface area contributed by atoms with Crippen LogP contribution in [-0.4, -0.2) is 37.8 Å². The summed E-state index contributed by atoms with van der Waals surface area (Å²) < 4.78 is 40.3. The molecule has 4 aromatic rings. The number of sulfonamides is 1. The van der Waals surface area contributed by atoms with Crippen molar-refractivity contribution in [2.75, 3.05) is 11.3 Å². The van der Waals surface area contributed by atoms with Crippen LogP contribution in [0.2, 0.25) is 10.0 Å². The highest BCUT2D eigenvalue weighted by molar-refractivity contribution is 7.92. The maximum atomic E-state index is 13.3. The van der Waals surface area contributed by atoms with Gasteiger partial charge in [0.2, 0.25) is 0 Å². The highest BCUT2D eigenvalue weighted by atomic mass is 35.5. The molecule has 11 heteroatoms. The first-order chi connectivity index (χ1) is 20.2. The predicted molar refractivity (Wildman–Crippen MR) is 161 cm³/mol. The number of carbonyl (C=O) groups excluding carboxylic acids is 2. The topological polar surface area (TPSA) is 102 Å². The standard InChI is InChI=1S/C31H26Cl2N2O6S/c32-23-14-17-28(25(33)19-23)41-29-11-5-4-9-26(29)34-42(38,39)24-15-12-22(13-16-24)30(36)35-18-6-10-27(35)31(37)40-20-21-7-2-1-3-8-21/h1-5,7-9,11-17,19,27,34H,6,10,18,20H2. The summed E-state index contributed by atoms with van der Waals surface area (Å²) in [7, 11) is -4.05. The summed E-state index contributed by atoms with van der Waals surface area (Å²) in [4.78, 5) is 27.5. The zero-order valence-electron chi connectivity index (χ0n) is 22.2. The Balaban J connectivity index is 1.26. The number of nitrogens with one attached hydrogen (secondary N) is 1. The lowest BCUT2D eigenvalue weighted by Gasteiger charge is -2.23. The quantitative estimate of drug-likeness (QED) is 0.202. The number of hydrogen-bond acceptors (Lipinski definition) is 6. The van der Waals surface area contributed by atoms with Crippen LogP contribution in [0.15, 0.2) is 102 Å². The molecule has 0 aliphatic carbocycles. The zero-order valence-corrected chi connectivity index (χ0v) is 24.5. The maximum absolute atomic E-state index is 13.3. The van der Waals surface area contributed by atoms with Crippen molar-refractivity contribution >= 4 is 50.8 Å². The lowest BCUT2D eigenvalue weighted by atomic mass is 10.1. The molecule has 8 nitrogen and oxygen atoms in total. The molecule has 1 aliphatic rings. The van der Waals surface area contributed by atoms with Crippen molar-refractivity contribution in [1.29, 1.82) is 0 Å². The third-order valence-electron chi connectivity index (χ3n) is 6.67. The molecule has 5 rings (SSSR count). The highest BCUT2D eigenvalue weighted by Gasteiger charge is 2.35. The molecule has 1 aliphatic heterocycles. The molecule has 1 amide bonds. The fraction of sp³-hybridized carbons (Fsp3) is 0.161. The lowest BCUT2D eigenvalue weighted by molar-refractivity contribution is -0.149. The van der Waals surface area contributed by atoms with Gasteiger partial charge in [-0.15, -0.1) is 0 Å². The van der Waals surface area contributed by atoms with E-state index < -0.39 is 22.0 Å². The van der Waals surface area contributed by atoms with Crippen molar-refractivity contribution < 1.29 is 27.5 Å². The number of anilines is 1. The normalized spacial score (nSPS) is 14.8. The van der Waals surface area contributed by atoms with Gasteiger partial charge in [0.25, 0.3) is 15.9 Å². The summed E-state index contributed by atoms with van der Waals surface area (Å²) >= 11 is 12.2. The number of para-hydroxylation sites is 2. The van der Waals surface area contributed by atoms with Crippen LogP contribution < -0.4 is 9.46 Å². The van der Waals surface area contributed by atoms with Crippen LogP contribution in [0.25, 0.3) is 0 Å². The largest absolute Gasteiger partial charge is 0.459 e. The fourth-order valence-electron chi connectivity index (χ4n) is 4.54. The van der Waals surface area contributed by atoms with E-state index in [1.807, 2.05) is 30.3 Å². The van der Waals surface area contributed by atoms with E-state index in [9.17, 15) is 18.0 Å². The first-order valence-electron chi connectivity index (χ1n) is 13.1. The molecule has 0 saturated carbocycles. The molecular weight excluding hydrogens is 599 g/mol. The molecule has 216 valence electrons. The van der Waals surface area contributed by atoms with E-state index in [2.05, 4.69) is 4.72 Å². The number of amides is 1. The van der Waals surface area contributed by atoms with Gasteiger partial charge < -0.3 is 14.4 Å². The monoisotopic (exact) mass is 624 g/mol. The second-order valence-corrected chi connectivity index (χ2v) is 12.1. The second kappa shape index (κ2) is 12.9. The second-order valence-electron chi connectivity index (χ2n) is 9.55. The van der Waals surface area contributed by atoms with Crippen LogP contribution in [0, 0.1) is 0 Å². The number of likely N-dealkylation sites (tertiary alicyclic amines) is 1. The maximum Gasteiger partial charge on any atom is 0.329 e. The molecular formula is C31H26Cl2N2O6S. The number of nitrogens with zero attached hydrogens (tertiary/aromatic N) is 1. The number of halogens is 2. The van der Waals surface area contributed by atoms with E-state index in [-0.39, 0.29) is 39.4 Å². The molecule has 1 unspecified atom stereocenters. The van der Waals surface area contributed by atoms with Crippen LogP contribution in [0.5, 0.6) is 11.5 Å². The average Bonchev–Trinajstić information content (AvgIpc) is 3.49. The summed E-state index contributed by atoms with van der Waals surface area (Å²) in [5.74, 6) is -0.297. The summed E-state index contributed by atoms with van der Waals surface area (Å²) in [6.07, 6.45) is 1.16. The van der Waals surface area contributed by atoms with Gasteiger partial charge in [0.15, 0.2) is 5.75 Å². The van der Waals surface area contributed by atoms with E-state index >= 15 is 0 Å². The SMILES string of the molecule is O=C(OCc1ccccc1)C1CCCN1C(=O)c1ccc(S(=O)(=O)Nc2ccccc2Oc2ccc(Cl)cc2Cl)cc1. The zero-order chi connectivity index (χ0) is 29.7. The van der Waals surface area contributed by atoms with Gasteiger partial charge in [-0.05, 0) is 73.0 Å². The highest BCUT2D eigenvalue weighted by Crippen LogP contribution is 2.36. The van der Waals surface area contributed by atoms with E-state index in [1.165, 1.54) is 35.2 Å². The predicted octanol–water partition coefficient (Wildman–Crippen LogP) is 6.93. The van der Waals surface area contributed by atoms with Crippen LogP contribution in [0.1, 0.15) is 28.8 Å². The molecule has 1 fully saturated rings. The Hall–Kier alpha value is -4.05. The molecule has 1 N–H and O–H groups in total. The fourth-order valence-corrected chi connectivity index (χ4v) is 6.06. The van der Waals surface area contributed by atoms with E-state index in [0.29, 0.717) is 30.2 Å². The van der Waals surface area contributed by atoms with Gasteiger partial charge in [0.05, 0.1) is 15.6 Å². The van der Waals surface area contributed by atoms with Crippen LogP contribution in [-0.2, 0) is 26.2 Å². The van der Waals surface area contributed by atoms with Gasteiger partial charge in [-0.1, -0.05) is 65.7 Å². The minimum Gasteiger partial charge on any atom is -0.459 e. The van der Waals surface area contributed by atoms with Gasteiger partial charge in [-0.2, -0.15) is 0 Å². The Morgan fingerprint density at radius 1 is 0.881 bits per heavy atom. The van der Waals surface area contributed by atoms with Gasteiger partial charge in [-0.25, -0.2) is 13.2 Å².